The summed E-state index contributed by atoms with van der Waals surface area (Å²) in [6.45, 7) is 4.82. The molecule has 1 heteroatoms. The minimum atomic E-state index is -1.02. The van der Waals surface area contributed by atoms with Gasteiger partial charge in [0.05, 0.1) is 25.9 Å². The van der Waals surface area contributed by atoms with E-state index in [1.165, 1.54) is 5.30 Å². The first-order chi connectivity index (χ1) is 6.71. The van der Waals surface area contributed by atoms with Crippen LogP contribution in [0.15, 0.2) is 54.6 Å². The first kappa shape index (κ1) is 9.68. The third-order valence-electron chi connectivity index (χ3n) is 2.89. The molecule has 0 radical (unpaired) electrons. The Morgan fingerprint density at radius 2 is 1.50 bits per heavy atom. The highest BCUT2D eigenvalue weighted by Gasteiger charge is 2.35. The second-order valence-electron chi connectivity index (χ2n) is 4.14. The van der Waals surface area contributed by atoms with Gasteiger partial charge in [-0.3, -0.25) is 0 Å². The predicted octanol–water partition coefficient (Wildman–Crippen LogP) is 3.08. The second-order valence-corrected chi connectivity index (χ2v) is 8.33. The maximum atomic E-state index is 2.41. The summed E-state index contributed by atoms with van der Waals surface area (Å²) in [5.41, 5.74) is 0.643. The Hall–Kier alpha value is -0.870. The summed E-state index contributed by atoms with van der Waals surface area (Å²) in [6.07, 6.45) is 8.96. The second kappa shape index (κ2) is 3.71. The fourth-order valence-electron chi connectivity index (χ4n) is 1.83. The van der Waals surface area contributed by atoms with Crippen LogP contribution in [0.5, 0.6) is 0 Å². The van der Waals surface area contributed by atoms with Gasteiger partial charge in [-0.2, -0.15) is 0 Å². The minimum Gasteiger partial charge on any atom is -0.0622 e. The largest absolute Gasteiger partial charge is 0.110 e. The standard InChI is InChI=1S/C13H16P/c1-14(2,13-10-6-7-11-13)12-8-4-3-5-9-12/h3-11,13H,1-2H3/q+1. The van der Waals surface area contributed by atoms with Crippen LogP contribution in [0, 0.1) is 0 Å². The molecule has 1 aliphatic rings. The molecular weight excluding hydrogens is 187 g/mol. The zero-order valence-electron chi connectivity index (χ0n) is 8.72. The molecule has 0 bridgehead atoms. The summed E-state index contributed by atoms with van der Waals surface area (Å²) < 4.78 is 0. The van der Waals surface area contributed by atoms with Crippen LogP contribution in [0.25, 0.3) is 0 Å². The zero-order chi connectivity index (χ0) is 10.0. The maximum Gasteiger partial charge on any atom is 0.110 e. The highest BCUT2D eigenvalue weighted by molar-refractivity contribution is 7.82. The van der Waals surface area contributed by atoms with Crippen molar-refractivity contribution in [1.82, 2.24) is 0 Å². The fraction of sp³-hybridized carbons (Fsp3) is 0.231. The zero-order valence-corrected chi connectivity index (χ0v) is 9.62. The number of rotatable bonds is 2. The summed E-state index contributed by atoms with van der Waals surface area (Å²) >= 11 is 0. The summed E-state index contributed by atoms with van der Waals surface area (Å²) in [6, 6.07) is 10.9. The van der Waals surface area contributed by atoms with Crippen LogP contribution in [0.3, 0.4) is 0 Å². The van der Waals surface area contributed by atoms with Crippen LogP contribution in [0.4, 0.5) is 0 Å². The van der Waals surface area contributed by atoms with Gasteiger partial charge in [0, 0.05) is 0 Å². The van der Waals surface area contributed by atoms with E-state index in [9.17, 15) is 0 Å². The average molecular weight is 203 g/mol. The summed E-state index contributed by atoms with van der Waals surface area (Å²) in [7, 11) is -1.02. The molecule has 0 nitrogen and oxygen atoms in total. The molecule has 0 atom stereocenters. The van der Waals surface area contributed by atoms with Gasteiger partial charge in [-0.15, -0.1) is 0 Å². The molecule has 0 aliphatic heterocycles. The molecule has 0 aromatic heterocycles. The minimum absolute atomic E-state index is 0.643. The Bertz CT molecular complexity index is 348. The topological polar surface area (TPSA) is 0 Å². The first-order valence-electron chi connectivity index (χ1n) is 4.95. The van der Waals surface area contributed by atoms with Crippen LogP contribution < -0.4 is 5.30 Å². The molecule has 1 aromatic carbocycles. The van der Waals surface area contributed by atoms with Crippen molar-refractivity contribution in [3.63, 3.8) is 0 Å². The van der Waals surface area contributed by atoms with Crippen molar-refractivity contribution >= 4 is 12.6 Å². The lowest BCUT2D eigenvalue weighted by Gasteiger charge is -2.22. The molecule has 72 valence electrons. The van der Waals surface area contributed by atoms with Crippen molar-refractivity contribution in [1.29, 1.82) is 0 Å². The molecule has 0 fully saturated rings. The third-order valence-corrected chi connectivity index (χ3v) is 6.36. The molecule has 0 saturated heterocycles. The van der Waals surface area contributed by atoms with Crippen molar-refractivity contribution in [2.45, 2.75) is 5.66 Å². The number of hydrogen-bond donors (Lipinski definition) is 0. The van der Waals surface area contributed by atoms with Crippen molar-refractivity contribution in [2.24, 2.45) is 0 Å². The number of hydrogen-bond acceptors (Lipinski definition) is 0. The van der Waals surface area contributed by atoms with Gasteiger partial charge in [0.2, 0.25) is 0 Å². The molecule has 0 amide bonds. The van der Waals surface area contributed by atoms with E-state index in [4.69, 9.17) is 0 Å². The van der Waals surface area contributed by atoms with E-state index in [0.29, 0.717) is 5.66 Å². The van der Waals surface area contributed by atoms with Crippen molar-refractivity contribution in [3.8, 4) is 0 Å². The first-order valence-corrected chi connectivity index (χ1v) is 7.71. The van der Waals surface area contributed by atoms with Gasteiger partial charge >= 0.3 is 0 Å². The van der Waals surface area contributed by atoms with Gasteiger partial charge in [0.15, 0.2) is 0 Å². The summed E-state index contributed by atoms with van der Waals surface area (Å²) in [5, 5.41) is 1.52. The SMILES string of the molecule is C[P+](C)(c1ccccc1)C1C=CC=C1. The maximum absolute atomic E-state index is 2.41. The molecular formula is C13H16P+. The highest BCUT2D eigenvalue weighted by atomic mass is 31.2. The lowest BCUT2D eigenvalue weighted by molar-refractivity contribution is 1.41. The predicted molar refractivity (Wildman–Crippen MR) is 66.9 cm³/mol. The van der Waals surface area contributed by atoms with Gasteiger partial charge in [0.25, 0.3) is 0 Å². The van der Waals surface area contributed by atoms with Gasteiger partial charge in [0.1, 0.15) is 5.66 Å². The molecule has 14 heavy (non-hydrogen) atoms. The van der Waals surface area contributed by atoms with Crippen LogP contribution in [-0.2, 0) is 0 Å². The molecule has 1 aliphatic carbocycles. The third kappa shape index (κ3) is 1.67. The quantitative estimate of drug-likeness (QED) is 0.648. The average Bonchev–Trinajstić information content (AvgIpc) is 2.72. The van der Waals surface area contributed by atoms with Crippen LogP contribution in [-0.4, -0.2) is 19.0 Å². The van der Waals surface area contributed by atoms with Crippen molar-refractivity contribution in [3.05, 3.63) is 54.6 Å². The molecule has 2 rings (SSSR count). The molecule has 0 unspecified atom stereocenters. The van der Waals surface area contributed by atoms with Crippen LogP contribution >= 0.6 is 7.26 Å². The fourth-order valence-corrected chi connectivity index (χ4v) is 4.18. The van der Waals surface area contributed by atoms with Gasteiger partial charge in [-0.1, -0.05) is 30.4 Å². The molecule has 1 aromatic rings. The Balaban J connectivity index is 2.32. The van der Waals surface area contributed by atoms with E-state index in [-0.39, 0.29) is 0 Å². The summed E-state index contributed by atoms with van der Waals surface area (Å²) in [5.74, 6) is 0. The summed E-state index contributed by atoms with van der Waals surface area (Å²) in [4.78, 5) is 0. The van der Waals surface area contributed by atoms with E-state index in [2.05, 4.69) is 68.0 Å². The molecule has 0 heterocycles. The number of allylic oxidation sites excluding steroid dienone is 4. The lowest BCUT2D eigenvalue weighted by Crippen LogP contribution is -2.17. The van der Waals surface area contributed by atoms with E-state index < -0.39 is 7.26 Å². The van der Waals surface area contributed by atoms with Gasteiger partial charge < -0.3 is 0 Å². The Kier molecular flexibility index (Phi) is 2.56. The van der Waals surface area contributed by atoms with E-state index in [1.807, 2.05) is 0 Å². The Morgan fingerprint density at radius 3 is 2.07 bits per heavy atom. The van der Waals surface area contributed by atoms with E-state index in [0.717, 1.165) is 0 Å². The monoisotopic (exact) mass is 203 g/mol. The van der Waals surface area contributed by atoms with Gasteiger partial charge in [-0.05, 0) is 24.3 Å². The lowest BCUT2D eigenvalue weighted by atomic mass is 10.4. The van der Waals surface area contributed by atoms with E-state index >= 15 is 0 Å². The van der Waals surface area contributed by atoms with Crippen molar-refractivity contribution in [2.75, 3.05) is 13.3 Å². The molecule has 0 saturated carbocycles. The molecule has 0 N–H and O–H groups in total. The Labute approximate surface area is 86.7 Å². The smallest absolute Gasteiger partial charge is 0.0622 e. The highest BCUT2D eigenvalue weighted by Crippen LogP contribution is 2.56. The van der Waals surface area contributed by atoms with Crippen molar-refractivity contribution < 1.29 is 0 Å². The van der Waals surface area contributed by atoms with Crippen LogP contribution in [0.1, 0.15) is 0 Å². The van der Waals surface area contributed by atoms with Crippen LogP contribution in [0.2, 0.25) is 0 Å². The van der Waals surface area contributed by atoms with E-state index in [1.54, 1.807) is 0 Å². The number of benzene rings is 1. The molecule has 0 spiro atoms. The Morgan fingerprint density at radius 1 is 0.929 bits per heavy atom. The normalized spacial score (nSPS) is 16.4. The van der Waals surface area contributed by atoms with Gasteiger partial charge in [-0.25, -0.2) is 0 Å².